The smallest absolute Gasteiger partial charge is 0.178 e. The van der Waals surface area contributed by atoms with E-state index < -0.39 is 0 Å². The number of halogens is 1. The minimum atomic E-state index is -0.321. The fourth-order valence-corrected chi connectivity index (χ4v) is 3.64. The topological polar surface area (TPSA) is 39.3 Å². The van der Waals surface area contributed by atoms with Gasteiger partial charge < -0.3 is 4.98 Å². The van der Waals surface area contributed by atoms with E-state index in [2.05, 4.69) is 39.1 Å². The Hall–Kier alpha value is -2.76. The van der Waals surface area contributed by atoms with E-state index in [1.807, 2.05) is 18.2 Å². The lowest BCUT2D eigenvalue weighted by molar-refractivity contribution is 0.0866. The molecule has 0 amide bonds. The number of hydrogen-bond donors (Lipinski definition) is 1. The lowest BCUT2D eigenvalue weighted by atomic mass is 10.1. The molecule has 0 spiro atoms. The molecule has 0 unspecified atom stereocenters. The molecule has 1 aliphatic heterocycles. The van der Waals surface area contributed by atoms with Gasteiger partial charge in [0, 0.05) is 55.4 Å². The van der Waals surface area contributed by atoms with E-state index in [9.17, 15) is 9.18 Å². The second-order valence-electron chi connectivity index (χ2n) is 7.21. The molecule has 4 rings (SSSR count). The third kappa shape index (κ3) is 4.38. The highest BCUT2D eigenvalue weighted by molar-refractivity contribution is 6.08. The normalized spacial score (nSPS) is 16.2. The third-order valence-corrected chi connectivity index (χ3v) is 5.25. The number of carbonyl (C=O) groups excluding carboxylic acids is 1. The van der Waals surface area contributed by atoms with Crippen LogP contribution in [0.2, 0.25) is 0 Å². The quantitative estimate of drug-likeness (QED) is 0.664. The molecule has 0 radical (unpaired) electrons. The standard InChI is InChI=1S/C23H24FN3O/c24-19-8-9-22-20(15-19)21(16-25-22)23(28)17-27-13-11-26(12-14-27)10-4-7-18-5-2-1-3-6-18/h1-9,15-16,25H,10-14,17H2. The number of Topliss-reactive ketones (excluding diaryl/α,β-unsaturated/α-hetero) is 1. The molecule has 1 aliphatic rings. The van der Waals surface area contributed by atoms with Crippen LogP contribution in [-0.4, -0.2) is 59.8 Å². The van der Waals surface area contributed by atoms with Gasteiger partial charge in [-0.15, -0.1) is 0 Å². The van der Waals surface area contributed by atoms with Gasteiger partial charge in [-0.1, -0.05) is 42.5 Å². The van der Waals surface area contributed by atoms with Gasteiger partial charge in [-0.2, -0.15) is 0 Å². The van der Waals surface area contributed by atoms with Crippen LogP contribution < -0.4 is 0 Å². The number of nitrogens with zero attached hydrogens (tertiary/aromatic N) is 2. The zero-order valence-electron chi connectivity index (χ0n) is 15.8. The molecule has 0 atom stereocenters. The maximum absolute atomic E-state index is 13.5. The van der Waals surface area contributed by atoms with Gasteiger partial charge in [0.05, 0.1) is 6.54 Å². The molecule has 2 aromatic carbocycles. The van der Waals surface area contributed by atoms with Gasteiger partial charge in [0.1, 0.15) is 5.82 Å². The van der Waals surface area contributed by atoms with Crippen molar-refractivity contribution in [2.75, 3.05) is 39.3 Å². The van der Waals surface area contributed by atoms with Crippen molar-refractivity contribution >= 4 is 22.8 Å². The number of rotatable bonds is 6. The molecule has 1 fully saturated rings. The summed E-state index contributed by atoms with van der Waals surface area (Å²) in [6.45, 7) is 4.89. The van der Waals surface area contributed by atoms with Gasteiger partial charge in [-0.05, 0) is 23.8 Å². The summed E-state index contributed by atoms with van der Waals surface area (Å²) in [5, 5.41) is 0.662. The molecule has 28 heavy (non-hydrogen) atoms. The van der Waals surface area contributed by atoms with Crippen molar-refractivity contribution in [3.8, 4) is 0 Å². The van der Waals surface area contributed by atoms with E-state index in [0.29, 0.717) is 17.5 Å². The van der Waals surface area contributed by atoms with Crippen LogP contribution in [0.3, 0.4) is 0 Å². The van der Waals surface area contributed by atoms with Crippen molar-refractivity contribution in [2.24, 2.45) is 0 Å². The Morgan fingerprint density at radius 3 is 2.57 bits per heavy atom. The third-order valence-electron chi connectivity index (χ3n) is 5.25. The molecule has 144 valence electrons. The summed E-state index contributed by atoms with van der Waals surface area (Å²) < 4.78 is 13.5. The number of carbonyl (C=O) groups is 1. The van der Waals surface area contributed by atoms with Crippen molar-refractivity contribution in [3.05, 3.63) is 77.7 Å². The predicted molar refractivity (Wildman–Crippen MR) is 111 cm³/mol. The van der Waals surface area contributed by atoms with E-state index in [1.165, 1.54) is 17.7 Å². The van der Waals surface area contributed by atoms with E-state index in [1.54, 1.807) is 12.3 Å². The number of nitrogens with one attached hydrogen (secondary N) is 1. The molecule has 4 nitrogen and oxygen atoms in total. The maximum atomic E-state index is 13.5. The molecule has 1 N–H and O–H groups in total. The number of piperazine rings is 1. The van der Waals surface area contributed by atoms with Crippen LogP contribution in [0.5, 0.6) is 0 Å². The highest BCUT2D eigenvalue weighted by atomic mass is 19.1. The maximum Gasteiger partial charge on any atom is 0.178 e. The first-order chi connectivity index (χ1) is 13.7. The van der Waals surface area contributed by atoms with Gasteiger partial charge in [-0.3, -0.25) is 14.6 Å². The van der Waals surface area contributed by atoms with Crippen LogP contribution in [0.15, 0.2) is 60.8 Å². The molecular formula is C23H24FN3O. The first-order valence-electron chi connectivity index (χ1n) is 9.65. The summed E-state index contributed by atoms with van der Waals surface area (Å²) in [5.74, 6) is -0.285. The Balaban J connectivity index is 1.28. The fourth-order valence-electron chi connectivity index (χ4n) is 3.64. The van der Waals surface area contributed by atoms with Crippen molar-refractivity contribution < 1.29 is 9.18 Å². The van der Waals surface area contributed by atoms with Crippen LogP contribution in [0.1, 0.15) is 15.9 Å². The van der Waals surface area contributed by atoms with Gasteiger partial charge >= 0.3 is 0 Å². The molecule has 3 aromatic rings. The summed E-state index contributed by atoms with van der Waals surface area (Å²) in [6, 6.07) is 14.8. The average molecular weight is 377 g/mol. The van der Waals surface area contributed by atoms with Gasteiger partial charge in [0.2, 0.25) is 0 Å². The van der Waals surface area contributed by atoms with E-state index in [-0.39, 0.29) is 11.6 Å². The van der Waals surface area contributed by atoms with Crippen LogP contribution in [0.25, 0.3) is 17.0 Å². The summed E-state index contributed by atoms with van der Waals surface area (Å²) >= 11 is 0. The first kappa shape index (κ1) is 18.6. The molecule has 0 bridgehead atoms. The zero-order valence-corrected chi connectivity index (χ0v) is 15.8. The van der Waals surface area contributed by atoms with Gasteiger partial charge in [0.15, 0.2) is 5.78 Å². The van der Waals surface area contributed by atoms with Crippen LogP contribution >= 0.6 is 0 Å². The number of aromatic amines is 1. The van der Waals surface area contributed by atoms with Crippen molar-refractivity contribution in [1.29, 1.82) is 0 Å². The second-order valence-corrected chi connectivity index (χ2v) is 7.21. The molecule has 0 saturated carbocycles. The largest absolute Gasteiger partial charge is 0.360 e. The number of aromatic nitrogens is 1. The van der Waals surface area contributed by atoms with Crippen LogP contribution in [-0.2, 0) is 0 Å². The van der Waals surface area contributed by atoms with E-state index in [0.717, 1.165) is 38.2 Å². The first-order valence-corrected chi connectivity index (χ1v) is 9.65. The summed E-state index contributed by atoms with van der Waals surface area (Å²) in [6.07, 6.45) is 6.03. The van der Waals surface area contributed by atoms with Crippen molar-refractivity contribution in [3.63, 3.8) is 0 Å². The lowest BCUT2D eigenvalue weighted by Crippen LogP contribution is -2.47. The highest BCUT2D eigenvalue weighted by Gasteiger charge is 2.20. The minimum Gasteiger partial charge on any atom is -0.360 e. The number of H-pyrrole nitrogens is 1. The Kier molecular flexibility index (Phi) is 5.65. The Morgan fingerprint density at radius 1 is 1.04 bits per heavy atom. The molecule has 1 aromatic heterocycles. The monoisotopic (exact) mass is 377 g/mol. The SMILES string of the molecule is O=C(CN1CCN(CC=Cc2ccccc2)CC1)c1c[nH]c2ccc(F)cc12. The van der Waals surface area contributed by atoms with Gasteiger partial charge in [-0.25, -0.2) is 4.39 Å². The number of ketones is 1. The highest BCUT2D eigenvalue weighted by Crippen LogP contribution is 2.20. The van der Waals surface area contributed by atoms with Crippen LogP contribution in [0.4, 0.5) is 4.39 Å². The molecule has 2 heterocycles. The average Bonchev–Trinajstić information content (AvgIpc) is 3.13. The number of fused-ring (bicyclic) bond motifs is 1. The Morgan fingerprint density at radius 2 is 1.79 bits per heavy atom. The van der Waals surface area contributed by atoms with E-state index >= 15 is 0 Å². The molecule has 0 aliphatic carbocycles. The Labute approximate surface area is 164 Å². The summed E-state index contributed by atoms with van der Waals surface area (Å²) in [7, 11) is 0. The van der Waals surface area contributed by atoms with Crippen molar-refractivity contribution in [2.45, 2.75) is 0 Å². The van der Waals surface area contributed by atoms with Crippen LogP contribution in [0, 0.1) is 5.82 Å². The summed E-state index contributed by atoms with van der Waals surface area (Å²) in [5.41, 5.74) is 2.57. The second kappa shape index (κ2) is 8.50. The lowest BCUT2D eigenvalue weighted by Gasteiger charge is -2.33. The van der Waals surface area contributed by atoms with E-state index in [4.69, 9.17) is 0 Å². The molecular weight excluding hydrogens is 353 g/mol. The molecule has 5 heteroatoms. The minimum absolute atomic E-state index is 0.0364. The fraction of sp³-hybridized carbons (Fsp3) is 0.261. The summed E-state index contributed by atoms with van der Waals surface area (Å²) in [4.78, 5) is 20.3. The van der Waals surface area contributed by atoms with Crippen molar-refractivity contribution in [1.82, 2.24) is 14.8 Å². The van der Waals surface area contributed by atoms with Gasteiger partial charge in [0.25, 0.3) is 0 Å². The number of benzene rings is 2. The Bertz CT molecular complexity index is 972. The number of hydrogen-bond acceptors (Lipinski definition) is 3. The molecule has 1 saturated heterocycles. The zero-order chi connectivity index (χ0) is 19.3. The predicted octanol–water partition coefficient (Wildman–Crippen LogP) is 3.82.